The van der Waals surface area contributed by atoms with E-state index in [9.17, 15) is 24.0 Å². The summed E-state index contributed by atoms with van der Waals surface area (Å²) in [4.78, 5) is 103. The summed E-state index contributed by atoms with van der Waals surface area (Å²) in [7, 11) is 1.46. The lowest BCUT2D eigenvalue weighted by molar-refractivity contribution is -0.154. The van der Waals surface area contributed by atoms with Gasteiger partial charge in [-0.05, 0) is 146 Å². The second kappa shape index (κ2) is 33.2. The van der Waals surface area contributed by atoms with Crippen LogP contribution in [-0.4, -0.2) is 131 Å². The van der Waals surface area contributed by atoms with Crippen LogP contribution in [-0.2, 0) is 51.0 Å². The Hall–Kier alpha value is -8.21. The van der Waals surface area contributed by atoms with Crippen molar-refractivity contribution in [3.8, 4) is 11.1 Å². The molecule has 0 aliphatic heterocycles. The summed E-state index contributed by atoms with van der Waals surface area (Å²) in [5, 5.41) is 16.0. The summed E-state index contributed by atoms with van der Waals surface area (Å²) in [6.45, 7) is 28.1. The van der Waals surface area contributed by atoms with Gasteiger partial charge in [0, 0.05) is 72.7 Å². The third-order valence-electron chi connectivity index (χ3n) is 14.2. The average molecular weight is 1330 g/mol. The molecule has 0 saturated carbocycles. The molecular weight excluding hydrogens is 1240 g/mol. The van der Waals surface area contributed by atoms with Crippen LogP contribution in [0, 0.1) is 0 Å². The average Bonchev–Trinajstić information content (AvgIpc) is 1.67. The quantitative estimate of drug-likeness (QED) is 0.00746. The molecule has 91 heavy (non-hydrogen) atoms. The second-order valence-corrected chi connectivity index (χ2v) is 26.8. The lowest BCUT2D eigenvalue weighted by Gasteiger charge is -2.31. The van der Waals surface area contributed by atoms with E-state index in [0.717, 1.165) is 22.3 Å². The maximum Gasteiger partial charge on any atom is 0.419 e. The van der Waals surface area contributed by atoms with Crippen LogP contribution in [0.25, 0.3) is 22.0 Å². The number of likely N-dealkylation sites (N-methyl/N-ethyl adjacent to an activating group) is 1. The zero-order chi connectivity index (χ0) is 66.6. The number of carbonyl (C=O) groups excluding carboxylic acids is 7. The number of nitrogens with zero attached hydrogens (tertiary/aromatic N) is 3. The number of ether oxygens (including phenoxy) is 5. The molecule has 1 aliphatic carbocycles. The lowest BCUT2D eigenvalue weighted by atomic mass is 9.98. The molecule has 5 N–H and O–H groups in total. The third-order valence-corrected chi connectivity index (χ3v) is 15.9. The van der Waals surface area contributed by atoms with E-state index in [1.165, 1.54) is 34.4 Å². The first-order valence-electron chi connectivity index (χ1n) is 30.3. The molecule has 20 nitrogen and oxygen atoms in total. The van der Waals surface area contributed by atoms with Gasteiger partial charge < -0.3 is 55.2 Å². The van der Waals surface area contributed by atoms with Gasteiger partial charge in [-0.1, -0.05) is 132 Å². The molecular formula is C69H87BrN8O12S. The molecule has 0 spiro atoms. The number of halogens is 1. The molecule has 6 rings (SSSR count). The van der Waals surface area contributed by atoms with Gasteiger partial charge in [0.05, 0.1) is 11.6 Å². The predicted molar refractivity (Wildman–Crippen MR) is 358 cm³/mol. The highest BCUT2D eigenvalue weighted by atomic mass is 79.9. The molecule has 2 heterocycles. The Balaban J connectivity index is 1.25. The topological polar surface area (TPSA) is 247 Å². The number of unbranched alkanes of at least 4 members (excludes halogenated alkanes) is 1. The van der Waals surface area contributed by atoms with E-state index in [2.05, 4.69) is 86.5 Å². The number of fused-ring (bicyclic) bond motifs is 4. The van der Waals surface area contributed by atoms with Gasteiger partial charge in [0.25, 0.3) is 0 Å². The van der Waals surface area contributed by atoms with Gasteiger partial charge in [0.2, 0.25) is 11.8 Å². The van der Waals surface area contributed by atoms with Crippen LogP contribution in [0.3, 0.4) is 0 Å². The number of alkyl carbamates (subject to hydrolysis) is 3. The normalized spacial score (nSPS) is 13.4. The fourth-order valence-electron chi connectivity index (χ4n) is 10.1. The van der Waals surface area contributed by atoms with E-state index in [1.54, 1.807) is 111 Å². The smallest absolute Gasteiger partial charge is 0.419 e. The Morgan fingerprint density at radius 3 is 1.91 bits per heavy atom. The standard InChI is InChI=1S/C69H87BrN8O12S/c1-14-38-86-62(81)57(39-46-42-78(66(85)90-69(10,11)12)56-34-21-20-27-47(46)56)77(13)61(80)55(32-22-23-35-72-64(83)88-67(4,5)6)76-59(79)54(33-25-37-73-65(84)89-68(7,8)9)74-40-45-26-24-36-71-60(45)91-58(15-2)52(44(3)70)41-75-63(82)87-43-53-50-30-18-16-28-48(50)49-29-17-19-31-51(49)53/h14-21,24,26-31,34,36,42,53-55,57,74H,1-3,22-23,25,32-33,35,37-41,43H2,4-13H3,(H,72,83)(H,73,84)(H,75,82)(H,76,79)/b58-52+. The van der Waals surface area contributed by atoms with Crippen LogP contribution >= 0.6 is 27.7 Å². The fourth-order valence-corrected chi connectivity index (χ4v) is 11.6. The molecule has 0 fully saturated rings. The minimum atomic E-state index is -1.27. The number of benzene rings is 3. The van der Waals surface area contributed by atoms with E-state index in [0.29, 0.717) is 61.3 Å². The lowest BCUT2D eigenvalue weighted by Crippen LogP contribution is -2.56. The van der Waals surface area contributed by atoms with Crippen molar-refractivity contribution in [2.45, 2.75) is 153 Å². The van der Waals surface area contributed by atoms with Crippen molar-refractivity contribution in [2.75, 3.05) is 39.9 Å². The minimum Gasteiger partial charge on any atom is -0.460 e. The predicted octanol–water partition coefficient (Wildman–Crippen LogP) is 12.5. The number of pyridine rings is 1. The number of hydrogen-bond acceptors (Lipinski definition) is 15. The molecule has 0 saturated heterocycles. The van der Waals surface area contributed by atoms with Crippen LogP contribution < -0.4 is 26.6 Å². The number of amides is 5. The first kappa shape index (κ1) is 71.9. The number of nitrogens with one attached hydrogen (secondary N) is 5. The molecule has 3 aromatic carbocycles. The van der Waals surface area contributed by atoms with Crippen LogP contribution in [0.4, 0.5) is 19.2 Å². The summed E-state index contributed by atoms with van der Waals surface area (Å²) in [5.41, 5.74) is 4.46. The zero-order valence-electron chi connectivity index (χ0n) is 53.8. The van der Waals surface area contributed by atoms with E-state index >= 15 is 9.59 Å². The van der Waals surface area contributed by atoms with Crippen molar-refractivity contribution < 1.29 is 57.2 Å². The van der Waals surface area contributed by atoms with Crippen LogP contribution in [0.2, 0.25) is 0 Å². The monoisotopic (exact) mass is 1330 g/mol. The van der Waals surface area contributed by atoms with Crippen molar-refractivity contribution >= 4 is 80.8 Å². The molecule has 2 aromatic heterocycles. The van der Waals surface area contributed by atoms with E-state index in [4.69, 9.17) is 28.7 Å². The molecule has 22 heteroatoms. The highest BCUT2D eigenvalue weighted by molar-refractivity contribution is 9.11. The third kappa shape index (κ3) is 21.7. The summed E-state index contributed by atoms with van der Waals surface area (Å²) < 4.78 is 29.9. The van der Waals surface area contributed by atoms with E-state index in [-0.39, 0.29) is 64.6 Å². The summed E-state index contributed by atoms with van der Waals surface area (Å²) in [6, 6.07) is 23.4. The van der Waals surface area contributed by atoms with Crippen molar-refractivity contribution in [1.82, 2.24) is 41.0 Å². The minimum absolute atomic E-state index is 0.0275. The number of hydrogen-bond donors (Lipinski definition) is 5. The van der Waals surface area contributed by atoms with Crippen molar-refractivity contribution in [3.05, 3.63) is 166 Å². The van der Waals surface area contributed by atoms with Gasteiger partial charge in [-0.2, -0.15) is 0 Å². The number of esters is 1. The zero-order valence-corrected chi connectivity index (χ0v) is 56.2. The first-order chi connectivity index (χ1) is 43.1. The number of thioether (sulfide) groups is 1. The Morgan fingerprint density at radius 1 is 0.714 bits per heavy atom. The van der Waals surface area contributed by atoms with Gasteiger partial charge in [-0.25, -0.2) is 29.0 Å². The van der Waals surface area contributed by atoms with Crippen LogP contribution in [0.5, 0.6) is 0 Å². The van der Waals surface area contributed by atoms with Crippen LogP contribution in [0.1, 0.15) is 123 Å². The largest absolute Gasteiger partial charge is 0.460 e. The highest BCUT2D eigenvalue weighted by Crippen LogP contribution is 2.44. The molecule has 5 aromatic rings. The number of carbonyl (C=O) groups is 7. The Bertz CT molecular complexity index is 3430. The Kier molecular flexibility index (Phi) is 26.2. The Labute approximate surface area is 546 Å². The van der Waals surface area contributed by atoms with Gasteiger partial charge in [0.1, 0.15) is 47.1 Å². The first-order valence-corrected chi connectivity index (χ1v) is 31.9. The van der Waals surface area contributed by atoms with E-state index < -0.39 is 77.1 Å². The maximum absolute atomic E-state index is 15.2. The van der Waals surface area contributed by atoms with Gasteiger partial charge >= 0.3 is 30.3 Å². The molecule has 1 aliphatic rings. The van der Waals surface area contributed by atoms with Crippen molar-refractivity contribution in [3.63, 3.8) is 0 Å². The van der Waals surface area contributed by atoms with Gasteiger partial charge in [0.15, 0.2) is 0 Å². The van der Waals surface area contributed by atoms with Crippen LogP contribution in [0.15, 0.2) is 149 Å². The molecule has 488 valence electrons. The highest BCUT2D eigenvalue weighted by Gasteiger charge is 2.36. The van der Waals surface area contributed by atoms with Crippen molar-refractivity contribution in [1.29, 1.82) is 0 Å². The molecule has 3 unspecified atom stereocenters. The number of allylic oxidation sites excluding steroid dienone is 1. The SMILES string of the molecule is C=CCOC(=O)C(Cc1cn(C(=O)OC(C)(C)C)c2ccccc12)N(C)C(=O)C(CCCCNC(=O)OC(C)(C)C)NC(=O)C(CCCNC(=O)OC(C)(C)C)NCc1cccnc1S/C(C=C)=C(\CNC(=O)OCC1c2ccccc2-c2ccccc21)C(=C)Br. The summed E-state index contributed by atoms with van der Waals surface area (Å²) in [5.74, 6) is -2.07. The van der Waals surface area contributed by atoms with Gasteiger partial charge in [-0.15, -0.1) is 0 Å². The maximum atomic E-state index is 15.2. The summed E-state index contributed by atoms with van der Waals surface area (Å²) >= 11 is 4.82. The van der Waals surface area contributed by atoms with Gasteiger partial charge in [-0.3, -0.25) is 14.2 Å². The number of rotatable bonds is 29. The van der Waals surface area contributed by atoms with Crippen molar-refractivity contribution in [2.24, 2.45) is 0 Å². The fraction of sp³-hybridized carbons (Fsp3) is 0.420. The molecule has 3 atom stereocenters. The van der Waals surface area contributed by atoms with E-state index in [1.807, 2.05) is 30.3 Å². The molecule has 5 amide bonds. The molecule has 0 radical (unpaired) electrons. The number of para-hydroxylation sites is 1. The Morgan fingerprint density at radius 2 is 1.31 bits per heavy atom. The summed E-state index contributed by atoms with van der Waals surface area (Å²) in [6.07, 6.45) is 4.90. The second-order valence-electron chi connectivity index (χ2n) is 24.8. The molecule has 0 bridgehead atoms. The number of aromatic nitrogens is 2.